The molecule has 2 rings (SSSR count). The van der Waals surface area contributed by atoms with Crippen LogP contribution in [-0.4, -0.2) is 24.6 Å². The highest BCUT2D eigenvalue weighted by molar-refractivity contribution is 5.44. The number of methoxy groups -OCH3 is 1. The highest BCUT2D eigenvalue weighted by Crippen LogP contribution is 2.52. The molecule has 0 aromatic heterocycles. The molecule has 5 nitrogen and oxygen atoms in total. The van der Waals surface area contributed by atoms with E-state index in [9.17, 15) is 10.1 Å². The molecule has 1 N–H and O–H groups in total. The SMILES string of the molecule is CCNC(C)C1(Cc2cc([N+](=O)[O-])ccc2OC)CC1. The number of hydrogen-bond acceptors (Lipinski definition) is 4. The van der Waals surface area contributed by atoms with Gasteiger partial charge in [-0.05, 0) is 44.2 Å². The number of nitrogens with one attached hydrogen (secondary N) is 1. The molecule has 1 saturated carbocycles. The van der Waals surface area contributed by atoms with Crippen LogP contribution >= 0.6 is 0 Å². The number of nitrogens with zero attached hydrogens (tertiary/aromatic N) is 1. The van der Waals surface area contributed by atoms with Gasteiger partial charge < -0.3 is 10.1 Å². The number of ether oxygens (including phenoxy) is 1. The van der Waals surface area contributed by atoms with Crippen LogP contribution in [0, 0.1) is 15.5 Å². The molecule has 0 heterocycles. The minimum atomic E-state index is -0.351. The highest BCUT2D eigenvalue weighted by Gasteiger charge is 2.47. The standard InChI is InChI=1S/C15H22N2O3/c1-4-16-11(2)15(7-8-15)10-12-9-13(17(18)19)5-6-14(12)20-3/h5-6,9,11,16H,4,7-8,10H2,1-3H3. The molecule has 0 spiro atoms. The predicted molar refractivity (Wildman–Crippen MR) is 78.2 cm³/mol. The summed E-state index contributed by atoms with van der Waals surface area (Å²) < 4.78 is 5.35. The maximum absolute atomic E-state index is 10.9. The van der Waals surface area contributed by atoms with E-state index in [-0.39, 0.29) is 16.0 Å². The Balaban J connectivity index is 2.23. The Morgan fingerprint density at radius 2 is 2.20 bits per heavy atom. The van der Waals surface area contributed by atoms with E-state index in [2.05, 4.69) is 19.2 Å². The monoisotopic (exact) mass is 278 g/mol. The summed E-state index contributed by atoms with van der Waals surface area (Å²) in [7, 11) is 1.61. The second-order valence-electron chi connectivity index (χ2n) is 5.57. The largest absolute Gasteiger partial charge is 0.496 e. The van der Waals surface area contributed by atoms with Crippen molar-refractivity contribution in [3.63, 3.8) is 0 Å². The van der Waals surface area contributed by atoms with Gasteiger partial charge in [0, 0.05) is 23.7 Å². The molecule has 1 aliphatic rings. The lowest BCUT2D eigenvalue weighted by Crippen LogP contribution is -2.36. The van der Waals surface area contributed by atoms with Crippen molar-refractivity contribution in [2.45, 2.75) is 39.2 Å². The molecule has 1 aromatic rings. The van der Waals surface area contributed by atoms with Gasteiger partial charge in [0.25, 0.3) is 5.69 Å². The molecule has 20 heavy (non-hydrogen) atoms. The number of non-ortho nitro benzene ring substituents is 1. The number of rotatable bonds is 7. The third-order valence-corrected chi connectivity index (χ3v) is 4.34. The van der Waals surface area contributed by atoms with Crippen molar-refractivity contribution in [3.05, 3.63) is 33.9 Å². The van der Waals surface area contributed by atoms with Crippen molar-refractivity contribution >= 4 is 5.69 Å². The molecular formula is C15H22N2O3. The first-order valence-electron chi connectivity index (χ1n) is 7.07. The Bertz CT molecular complexity index is 498. The zero-order valence-electron chi connectivity index (χ0n) is 12.3. The van der Waals surface area contributed by atoms with Crippen LogP contribution in [0.1, 0.15) is 32.3 Å². The van der Waals surface area contributed by atoms with E-state index in [1.807, 2.05) is 0 Å². The van der Waals surface area contributed by atoms with Gasteiger partial charge in [0.05, 0.1) is 12.0 Å². The Hall–Kier alpha value is -1.62. The van der Waals surface area contributed by atoms with Crippen LogP contribution in [0.15, 0.2) is 18.2 Å². The van der Waals surface area contributed by atoms with Crippen molar-refractivity contribution in [1.82, 2.24) is 5.32 Å². The van der Waals surface area contributed by atoms with Crippen molar-refractivity contribution < 1.29 is 9.66 Å². The van der Waals surface area contributed by atoms with Gasteiger partial charge in [-0.2, -0.15) is 0 Å². The van der Waals surface area contributed by atoms with Crippen LogP contribution in [0.5, 0.6) is 5.75 Å². The Labute approximate surface area is 119 Å². The molecular weight excluding hydrogens is 256 g/mol. The lowest BCUT2D eigenvalue weighted by molar-refractivity contribution is -0.384. The first-order chi connectivity index (χ1) is 9.52. The summed E-state index contributed by atoms with van der Waals surface area (Å²) in [5.41, 5.74) is 1.29. The molecule has 110 valence electrons. The fraction of sp³-hybridized carbons (Fsp3) is 0.600. The van der Waals surface area contributed by atoms with E-state index in [1.165, 1.54) is 6.07 Å². The molecule has 0 bridgehead atoms. The van der Waals surface area contributed by atoms with E-state index in [1.54, 1.807) is 19.2 Å². The molecule has 0 amide bonds. The minimum Gasteiger partial charge on any atom is -0.496 e. The van der Waals surface area contributed by atoms with Crippen LogP contribution in [0.2, 0.25) is 0 Å². The molecule has 1 fully saturated rings. The summed E-state index contributed by atoms with van der Waals surface area (Å²) in [6, 6.07) is 5.26. The van der Waals surface area contributed by atoms with E-state index >= 15 is 0 Å². The molecule has 1 atom stereocenters. The fourth-order valence-corrected chi connectivity index (χ4v) is 2.84. The first-order valence-corrected chi connectivity index (χ1v) is 7.07. The number of nitro benzene ring substituents is 1. The topological polar surface area (TPSA) is 64.4 Å². The van der Waals surface area contributed by atoms with Crippen molar-refractivity contribution in [3.8, 4) is 5.75 Å². The molecule has 0 radical (unpaired) electrons. The first kappa shape index (κ1) is 14.8. The summed E-state index contributed by atoms with van der Waals surface area (Å²) in [6.07, 6.45) is 3.14. The molecule has 5 heteroatoms. The van der Waals surface area contributed by atoms with Gasteiger partial charge in [0.1, 0.15) is 5.75 Å². The van der Waals surface area contributed by atoms with E-state index in [0.29, 0.717) is 6.04 Å². The molecule has 1 unspecified atom stereocenters. The van der Waals surface area contributed by atoms with E-state index in [4.69, 9.17) is 4.74 Å². The van der Waals surface area contributed by atoms with Crippen LogP contribution in [0.4, 0.5) is 5.69 Å². The average molecular weight is 278 g/mol. The smallest absolute Gasteiger partial charge is 0.269 e. The zero-order chi connectivity index (χ0) is 14.8. The van der Waals surface area contributed by atoms with Gasteiger partial charge in [-0.3, -0.25) is 10.1 Å². The molecule has 0 saturated heterocycles. The third kappa shape index (κ3) is 2.93. The van der Waals surface area contributed by atoms with Crippen molar-refractivity contribution in [1.29, 1.82) is 0 Å². The van der Waals surface area contributed by atoms with Crippen LogP contribution in [0.25, 0.3) is 0 Å². The highest BCUT2D eigenvalue weighted by atomic mass is 16.6. The second kappa shape index (κ2) is 5.79. The number of nitro groups is 1. The number of hydrogen-bond donors (Lipinski definition) is 1. The molecule has 1 aliphatic carbocycles. The lowest BCUT2D eigenvalue weighted by atomic mass is 9.89. The second-order valence-corrected chi connectivity index (χ2v) is 5.57. The van der Waals surface area contributed by atoms with Gasteiger partial charge >= 0.3 is 0 Å². The molecule has 1 aromatic carbocycles. The summed E-state index contributed by atoms with van der Waals surface area (Å²) in [5.74, 6) is 0.741. The normalized spacial score (nSPS) is 17.6. The van der Waals surface area contributed by atoms with Gasteiger partial charge in [-0.1, -0.05) is 6.92 Å². The number of benzene rings is 1. The van der Waals surface area contributed by atoms with Crippen molar-refractivity contribution in [2.75, 3.05) is 13.7 Å². The Morgan fingerprint density at radius 3 is 2.70 bits per heavy atom. The predicted octanol–water partition coefficient (Wildman–Crippen LogP) is 2.92. The van der Waals surface area contributed by atoms with Gasteiger partial charge in [0.2, 0.25) is 0 Å². The molecule has 0 aliphatic heterocycles. The van der Waals surface area contributed by atoms with Crippen molar-refractivity contribution in [2.24, 2.45) is 5.41 Å². The van der Waals surface area contributed by atoms with Gasteiger partial charge in [-0.15, -0.1) is 0 Å². The van der Waals surface area contributed by atoms with Crippen LogP contribution in [0.3, 0.4) is 0 Å². The lowest BCUT2D eigenvalue weighted by Gasteiger charge is -2.25. The van der Waals surface area contributed by atoms with Crippen LogP contribution < -0.4 is 10.1 Å². The summed E-state index contributed by atoms with van der Waals surface area (Å²) in [5, 5.41) is 14.4. The average Bonchev–Trinajstić information content (AvgIpc) is 3.20. The maximum atomic E-state index is 10.9. The van der Waals surface area contributed by atoms with E-state index in [0.717, 1.165) is 37.1 Å². The fourth-order valence-electron chi connectivity index (χ4n) is 2.84. The van der Waals surface area contributed by atoms with Crippen LogP contribution in [-0.2, 0) is 6.42 Å². The Kier molecular flexibility index (Phi) is 4.28. The maximum Gasteiger partial charge on any atom is 0.269 e. The van der Waals surface area contributed by atoms with Gasteiger partial charge in [-0.25, -0.2) is 0 Å². The Morgan fingerprint density at radius 1 is 1.50 bits per heavy atom. The quantitative estimate of drug-likeness (QED) is 0.615. The van der Waals surface area contributed by atoms with E-state index < -0.39 is 0 Å². The minimum absolute atomic E-state index is 0.132. The zero-order valence-corrected chi connectivity index (χ0v) is 12.3. The summed E-state index contributed by atoms with van der Waals surface area (Å²) >= 11 is 0. The summed E-state index contributed by atoms with van der Waals surface area (Å²) in [6.45, 7) is 5.23. The summed E-state index contributed by atoms with van der Waals surface area (Å²) in [4.78, 5) is 10.6. The third-order valence-electron chi connectivity index (χ3n) is 4.34. The van der Waals surface area contributed by atoms with Gasteiger partial charge in [0.15, 0.2) is 0 Å².